The van der Waals surface area contributed by atoms with Crippen LogP contribution in [-0.2, 0) is 0 Å². The van der Waals surface area contributed by atoms with E-state index in [1.165, 1.54) is 0 Å². The zero-order chi connectivity index (χ0) is 15.3. The number of hydrogen-bond acceptors (Lipinski definition) is 5. The Morgan fingerprint density at radius 3 is 2.55 bits per heavy atom. The molecule has 112 valence electrons. The number of methoxy groups -OCH3 is 1. The number of nitrogens with zero attached hydrogens (tertiary/aromatic N) is 1. The zero-order valence-electron chi connectivity index (χ0n) is 12.7. The van der Waals surface area contributed by atoms with Gasteiger partial charge >= 0.3 is 0 Å². The second-order valence-corrected chi connectivity index (χ2v) is 5.35. The second kappa shape index (κ2) is 6.61. The van der Waals surface area contributed by atoms with Crippen LogP contribution in [0.2, 0.25) is 0 Å². The summed E-state index contributed by atoms with van der Waals surface area (Å²) in [6, 6.07) is 5.23. The van der Waals surface area contributed by atoms with Crippen LogP contribution in [0, 0.1) is 5.92 Å². The minimum absolute atomic E-state index is 0.0594. The fourth-order valence-corrected chi connectivity index (χ4v) is 1.49. The lowest BCUT2D eigenvalue weighted by Gasteiger charge is -2.28. The normalized spacial score (nSPS) is 15.1. The molecule has 0 heterocycles. The first-order chi connectivity index (χ1) is 9.31. The maximum absolute atomic E-state index is 10.2. The van der Waals surface area contributed by atoms with Gasteiger partial charge in [-0.2, -0.15) is 0 Å². The van der Waals surface area contributed by atoms with E-state index in [2.05, 4.69) is 5.16 Å². The highest BCUT2D eigenvalue weighted by Gasteiger charge is 2.26. The summed E-state index contributed by atoms with van der Waals surface area (Å²) >= 11 is 0. The molecule has 0 aliphatic rings. The molecule has 1 aromatic carbocycles. The highest BCUT2D eigenvalue weighted by atomic mass is 16.5. The van der Waals surface area contributed by atoms with Gasteiger partial charge in [-0.05, 0) is 31.9 Å². The molecule has 0 aromatic heterocycles. The summed E-state index contributed by atoms with van der Waals surface area (Å²) in [5.41, 5.74) is 0.157. The minimum Gasteiger partial charge on any atom is -0.497 e. The molecule has 5 heteroatoms. The van der Waals surface area contributed by atoms with Crippen molar-refractivity contribution in [3.63, 3.8) is 0 Å². The lowest BCUT2D eigenvalue weighted by atomic mass is 9.94. The summed E-state index contributed by atoms with van der Waals surface area (Å²) < 4.78 is 10.9. The molecule has 0 saturated heterocycles. The van der Waals surface area contributed by atoms with Crippen LogP contribution in [0.25, 0.3) is 0 Å². The van der Waals surface area contributed by atoms with Crippen molar-refractivity contribution in [1.82, 2.24) is 0 Å². The van der Waals surface area contributed by atoms with Crippen molar-refractivity contribution in [1.29, 1.82) is 0 Å². The Kier molecular flexibility index (Phi) is 5.39. The summed E-state index contributed by atoms with van der Waals surface area (Å²) in [6.45, 7) is 7.40. The van der Waals surface area contributed by atoms with Crippen LogP contribution in [0.15, 0.2) is 23.4 Å². The van der Waals surface area contributed by atoms with E-state index in [1.807, 2.05) is 13.8 Å². The predicted molar refractivity (Wildman–Crippen MR) is 77.9 cm³/mol. The van der Waals surface area contributed by atoms with Gasteiger partial charge < -0.3 is 19.8 Å². The number of hydrogen-bond donors (Lipinski definition) is 2. The van der Waals surface area contributed by atoms with Crippen LogP contribution in [0.5, 0.6) is 11.5 Å². The molecule has 0 spiro atoms. The minimum atomic E-state index is -0.940. The SMILES string of the molecule is COc1ccc(/C(C)=N/O)c(OCC(C)(O)C(C)C)c1. The molecule has 0 amide bonds. The maximum atomic E-state index is 10.2. The van der Waals surface area contributed by atoms with E-state index < -0.39 is 5.60 Å². The fraction of sp³-hybridized carbons (Fsp3) is 0.533. The fourth-order valence-electron chi connectivity index (χ4n) is 1.49. The summed E-state index contributed by atoms with van der Waals surface area (Å²) in [5.74, 6) is 1.21. The molecule has 0 bridgehead atoms. The van der Waals surface area contributed by atoms with Crippen molar-refractivity contribution in [2.24, 2.45) is 11.1 Å². The number of aliphatic hydroxyl groups is 1. The summed E-state index contributed by atoms with van der Waals surface area (Å²) in [6.07, 6.45) is 0. The molecular formula is C15H23NO4. The van der Waals surface area contributed by atoms with Gasteiger partial charge in [-0.15, -0.1) is 0 Å². The average molecular weight is 281 g/mol. The van der Waals surface area contributed by atoms with E-state index in [4.69, 9.17) is 14.7 Å². The number of rotatable bonds is 6. The van der Waals surface area contributed by atoms with Gasteiger partial charge in [0.1, 0.15) is 18.1 Å². The molecule has 1 aromatic rings. The first-order valence-corrected chi connectivity index (χ1v) is 6.54. The number of benzene rings is 1. The van der Waals surface area contributed by atoms with Crippen molar-refractivity contribution in [2.75, 3.05) is 13.7 Å². The highest BCUT2D eigenvalue weighted by molar-refractivity contribution is 6.00. The molecule has 20 heavy (non-hydrogen) atoms. The zero-order valence-corrected chi connectivity index (χ0v) is 12.7. The quantitative estimate of drug-likeness (QED) is 0.478. The van der Waals surface area contributed by atoms with E-state index >= 15 is 0 Å². The van der Waals surface area contributed by atoms with Crippen LogP contribution >= 0.6 is 0 Å². The van der Waals surface area contributed by atoms with Gasteiger partial charge in [0.05, 0.1) is 18.4 Å². The first kappa shape index (κ1) is 16.3. The van der Waals surface area contributed by atoms with Crippen molar-refractivity contribution in [2.45, 2.75) is 33.3 Å². The number of oxime groups is 1. The van der Waals surface area contributed by atoms with E-state index in [0.717, 1.165) is 0 Å². The van der Waals surface area contributed by atoms with Crippen molar-refractivity contribution >= 4 is 5.71 Å². The molecule has 1 unspecified atom stereocenters. The van der Waals surface area contributed by atoms with E-state index in [-0.39, 0.29) is 12.5 Å². The third kappa shape index (κ3) is 3.87. The third-order valence-electron chi connectivity index (χ3n) is 3.49. The largest absolute Gasteiger partial charge is 0.497 e. The molecule has 0 saturated carbocycles. The van der Waals surface area contributed by atoms with Crippen molar-refractivity contribution in [3.8, 4) is 11.5 Å². The highest BCUT2D eigenvalue weighted by Crippen LogP contribution is 2.27. The van der Waals surface area contributed by atoms with Crippen molar-refractivity contribution in [3.05, 3.63) is 23.8 Å². The Balaban J connectivity index is 3.02. The van der Waals surface area contributed by atoms with Crippen LogP contribution < -0.4 is 9.47 Å². The molecular weight excluding hydrogens is 258 g/mol. The van der Waals surface area contributed by atoms with E-state index in [1.54, 1.807) is 39.2 Å². The maximum Gasteiger partial charge on any atom is 0.132 e. The molecule has 5 nitrogen and oxygen atoms in total. The standard InChI is InChI=1S/C15H23NO4/c1-10(2)15(4,17)9-20-14-8-12(19-5)6-7-13(14)11(3)16-18/h6-8,10,17-18H,9H2,1-5H3/b16-11+. The third-order valence-corrected chi connectivity index (χ3v) is 3.49. The van der Waals surface area contributed by atoms with Gasteiger partial charge in [-0.3, -0.25) is 0 Å². The monoisotopic (exact) mass is 281 g/mol. The Morgan fingerprint density at radius 2 is 2.05 bits per heavy atom. The van der Waals surface area contributed by atoms with Gasteiger partial charge in [0.25, 0.3) is 0 Å². The molecule has 0 aliphatic carbocycles. The first-order valence-electron chi connectivity index (χ1n) is 6.54. The lowest BCUT2D eigenvalue weighted by Crippen LogP contribution is -2.38. The Hall–Kier alpha value is -1.75. The van der Waals surface area contributed by atoms with Crippen LogP contribution in [0.1, 0.15) is 33.3 Å². The Morgan fingerprint density at radius 1 is 1.40 bits per heavy atom. The average Bonchev–Trinajstić information content (AvgIpc) is 2.43. The van der Waals surface area contributed by atoms with E-state index in [0.29, 0.717) is 22.8 Å². The second-order valence-electron chi connectivity index (χ2n) is 5.35. The van der Waals surface area contributed by atoms with Gasteiger partial charge in [0.2, 0.25) is 0 Å². The van der Waals surface area contributed by atoms with Crippen molar-refractivity contribution < 1.29 is 19.8 Å². The molecule has 0 radical (unpaired) electrons. The molecule has 1 rings (SSSR count). The van der Waals surface area contributed by atoms with Gasteiger partial charge in [-0.1, -0.05) is 19.0 Å². The predicted octanol–water partition coefficient (Wildman–Crippen LogP) is 2.68. The molecule has 1 atom stereocenters. The smallest absolute Gasteiger partial charge is 0.132 e. The Bertz CT molecular complexity index is 481. The van der Waals surface area contributed by atoms with Gasteiger partial charge in [0, 0.05) is 11.6 Å². The molecule has 0 aliphatic heterocycles. The summed E-state index contributed by atoms with van der Waals surface area (Å²) in [7, 11) is 1.57. The molecule has 2 N–H and O–H groups in total. The lowest BCUT2D eigenvalue weighted by molar-refractivity contribution is -0.0267. The van der Waals surface area contributed by atoms with Crippen LogP contribution in [0.3, 0.4) is 0 Å². The Labute approximate surface area is 119 Å². The number of ether oxygens (including phenoxy) is 2. The molecule has 0 fully saturated rings. The summed E-state index contributed by atoms with van der Waals surface area (Å²) in [5, 5.41) is 22.3. The topological polar surface area (TPSA) is 71.3 Å². The van der Waals surface area contributed by atoms with E-state index in [9.17, 15) is 5.11 Å². The van der Waals surface area contributed by atoms with Crippen LogP contribution in [-0.4, -0.2) is 35.3 Å². The van der Waals surface area contributed by atoms with Gasteiger partial charge in [0.15, 0.2) is 0 Å². The summed E-state index contributed by atoms with van der Waals surface area (Å²) in [4.78, 5) is 0. The van der Waals surface area contributed by atoms with Crippen LogP contribution in [0.4, 0.5) is 0 Å². The van der Waals surface area contributed by atoms with Gasteiger partial charge in [-0.25, -0.2) is 0 Å².